The second-order valence-electron chi connectivity index (χ2n) is 5.97. The number of likely N-dealkylation sites (N-methyl/N-ethyl adjacent to an activating group) is 1. The first kappa shape index (κ1) is 16.7. The van der Waals surface area contributed by atoms with Crippen LogP contribution < -0.4 is 5.32 Å². The Hall–Kier alpha value is -2.20. The van der Waals surface area contributed by atoms with Crippen molar-refractivity contribution < 1.29 is 4.84 Å². The van der Waals surface area contributed by atoms with E-state index >= 15 is 0 Å². The molecule has 6 heteroatoms. The van der Waals surface area contributed by atoms with Crippen LogP contribution in [0.5, 0.6) is 0 Å². The summed E-state index contributed by atoms with van der Waals surface area (Å²) in [6.07, 6.45) is 2.55. The Kier molecular flexibility index (Phi) is 5.26. The van der Waals surface area contributed by atoms with Crippen LogP contribution in [0.25, 0.3) is 4.85 Å². The highest BCUT2D eigenvalue weighted by Gasteiger charge is 2.36. The minimum absolute atomic E-state index is 0.0484. The van der Waals surface area contributed by atoms with E-state index in [9.17, 15) is 0 Å². The summed E-state index contributed by atoms with van der Waals surface area (Å²) in [7, 11) is 1.94. The van der Waals surface area contributed by atoms with Crippen molar-refractivity contribution in [2.45, 2.75) is 38.7 Å². The van der Waals surface area contributed by atoms with Gasteiger partial charge >= 0.3 is 6.17 Å². The smallest absolute Gasteiger partial charge is 0.294 e. The van der Waals surface area contributed by atoms with Crippen molar-refractivity contribution >= 4 is 0 Å². The Morgan fingerprint density at radius 3 is 2.92 bits per heavy atom. The molecule has 0 saturated heterocycles. The molecule has 0 radical (unpaired) electrons. The molecule has 1 N–H and O–H groups in total. The Labute approximate surface area is 142 Å². The number of nitrogens with one attached hydrogen (secondary N) is 1. The summed E-state index contributed by atoms with van der Waals surface area (Å²) in [5.74, 6) is 0. The molecule has 2 heterocycles. The number of rotatable bonds is 6. The van der Waals surface area contributed by atoms with Crippen molar-refractivity contribution in [1.29, 1.82) is 0 Å². The number of hydrogen-bond donors (Lipinski definition) is 1. The molecule has 126 valence electrons. The molecule has 1 aromatic heterocycles. The van der Waals surface area contributed by atoms with Gasteiger partial charge in [-0.15, -0.1) is 0 Å². The third-order valence-corrected chi connectivity index (χ3v) is 4.31. The Balaban J connectivity index is 1.76. The zero-order chi connectivity index (χ0) is 16.9. The van der Waals surface area contributed by atoms with E-state index in [0.717, 1.165) is 29.8 Å². The number of aromatic nitrogens is 2. The van der Waals surface area contributed by atoms with Crippen molar-refractivity contribution in [2.24, 2.45) is 0 Å². The Bertz CT molecular complexity index is 706. The highest BCUT2D eigenvalue weighted by atomic mass is 16.7. The summed E-state index contributed by atoms with van der Waals surface area (Å²) >= 11 is 0. The van der Waals surface area contributed by atoms with Crippen molar-refractivity contribution in [2.75, 3.05) is 13.6 Å². The van der Waals surface area contributed by atoms with E-state index in [1.54, 1.807) is 0 Å². The molecule has 0 aliphatic carbocycles. The van der Waals surface area contributed by atoms with Gasteiger partial charge in [0.2, 0.25) is 0 Å². The van der Waals surface area contributed by atoms with Crippen LogP contribution in [0.15, 0.2) is 36.5 Å². The number of fused-ring (bicyclic) bond motifs is 1. The lowest BCUT2D eigenvalue weighted by molar-refractivity contribution is -0.180. The predicted molar refractivity (Wildman–Crippen MR) is 91.6 cm³/mol. The molecular formula is C18H23N5O. The Morgan fingerprint density at radius 2 is 2.21 bits per heavy atom. The zero-order valence-corrected chi connectivity index (χ0v) is 14.1. The number of hydrogen-bond acceptors (Lipinski definition) is 4. The van der Waals surface area contributed by atoms with Crippen molar-refractivity contribution in [3.63, 3.8) is 0 Å². The third-order valence-electron chi connectivity index (χ3n) is 4.31. The van der Waals surface area contributed by atoms with E-state index in [0.29, 0.717) is 13.2 Å². The number of hydroxylamine groups is 2. The molecular weight excluding hydrogens is 302 g/mol. The fraction of sp³-hybridized carbons (Fsp3) is 0.444. The van der Waals surface area contributed by atoms with Gasteiger partial charge in [0.05, 0.1) is 18.8 Å². The average Bonchev–Trinajstić information content (AvgIpc) is 3.04. The monoisotopic (exact) mass is 325 g/mol. The third kappa shape index (κ3) is 3.34. The molecule has 3 rings (SSSR count). The SMILES string of the molecule is [C-]#[N+]C1NCC(N(C)OCc2ccccc2)c2cnn(CCC)c21. The molecule has 1 aliphatic heterocycles. The minimum atomic E-state index is -0.326. The highest BCUT2D eigenvalue weighted by molar-refractivity contribution is 5.30. The summed E-state index contributed by atoms with van der Waals surface area (Å²) in [6, 6.07) is 10.2. The van der Waals surface area contributed by atoms with Gasteiger partial charge in [-0.25, -0.2) is 11.9 Å². The van der Waals surface area contributed by atoms with Gasteiger partial charge in [0.25, 0.3) is 0 Å². The molecule has 0 saturated carbocycles. The lowest BCUT2D eigenvalue weighted by Gasteiger charge is -2.31. The first-order chi connectivity index (χ1) is 11.7. The highest BCUT2D eigenvalue weighted by Crippen LogP contribution is 2.33. The molecule has 0 bridgehead atoms. The van der Waals surface area contributed by atoms with Gasteiger partial charge in [-0.3, -0.25) is 14.4 Å². The molecule has 1 aromatic carbocycles. The maximum absolute atomic E-state index is 7.44. The maximum atomic E-state index is 7.44. The van der Waals surface area contributed by atoms with Crippen LogP contribution in [-0.4, -0.2) is 28.4 Å². The standard InChI is InChI=1S/C18H23N5O/c1-4-10-23-17-15(11-21-23)16(12-20-18(17)19-2)22(3)24-13-14-8-6-5-7-9-14/h5-9,11,16,18,20H,4,10,12-13H2,1,3H3. The van der Waals surface area contributed by atoms with E-state index in [2.05, 4.69) is 22.2 Å². The molecule has 2 unspecified atom stereocenters. The molecule has 0 amide bonds. The van der Waals surface area contributed by atoms with Gasteiger partial charge in [-0.05, 0) is 12.0 Å². The van der Waals surface area contributed by atoms with Crippen LogP contribution in [0.3, 0.4) is 0 Å². The summed E-state index contributed by atoms with van der Waals surface area (Å²) < 4.78 is 1.95. The summed E-state index contributed by atoms with van der Waals surface area (Å²) in [6.45, 7) is 11.6. The van der Waals surface area contributed by atoms with Crippen LogP contribution >= 0.6 is 0 Å². The van der Waals surface area contributed by atoms with Crippen LogP contribution in [0.1, 0.15) is 42.4 Å². The van der Waals surface area contributed by atoms with Gasteiger partial charge in [-0.1, -0.05) is 37.3 Å². The van der Waals surface area contributed by atoms with Crippen molar-refractivity contribution in [3.05, 3.63) is 64.8 Å². The molecule has 2 aromatic rings. The lowest BCUT2D eigenvalue weighted by atomic mass is 10.0. The zero-order valence-electron chi connectivity index (χ0n) is 14.1. The summed E-state index contributed by atoms with van der Waals surface area (Å²) in [5.41, 5.74) is 3.19. The van der Waals surface area contributed by atoms with E-state index in [4.69, 9.17) is 11.4 Å². The molecule has 6 nitrogen and oxygen atoms in total. The molecule has 1 aliphatic rings. The summed E-state index contributed by atoms with van der Waals surface area (Å²) in [4.78, 5) is 9.65. The second-order valence-corrected chi connectivity index (χ2v) is 5.97. The largest absolute Gasteiger partial charge is 0.319 e. The molecule has 0 fully saturated rings. The van der Waals surface area contributed by atoms with E-state index in [1.165, 1.54) is 0 Å². The fourth-order valence-electron chi connectivity index (χ4n) is 3.06. The average molecular weight is 325 g/mol. The molecule has 0 spiro atoms. The topological polar surface area (TPSA) is 46.7 Å². The predicted octanol–water partition coefficient (Wildman–Crippen LogP) is 2.92. The number of nitrogens with zero attached hydrogens (tertiary/aromatic N) is 4. The van der Waals surface area contributed by atoms with Gasteiger partial charge in [0, 0.05) is 25.7 Å². The molecule has 24 heavy (non-hydrogen) atoms. The fourth-order valence-corrected chi connectivity index (χ4v) is 3.06. The number of aryl methyl sites for hydroxylation is 1. The van der Waals surface area contributed by atoms with Gasteiger partial charge < -0.3 is 0 Å². The van der Waals surface area contributed by atoms with E-state index in [-0.39, 0.29) is 12.2 Å². The quantitative estimate of drug-likeness (QED) is 0.655. The number of benzene rings is 1. The normalized spacial score (nSPS) is 19.9. The Morgan fingerprint density at radius 1 is 1.42 bits per heavy atom. The lowest BCUT2D eigenvalue weighted by Crippen LogP contribution is -2.40. The van der Waals surface area contributed by atoms with Gasteiger partial charge in [0.1, 0.15) is 5.69 Å². The maximum Gasteiger partial charge on any atom is 0.319 e. The summed E-state index contributed by atoms with van der Waals surface area (Å²) in [5, 5.41) is 9.66. The van der Waals surface area contributed by atoms with Gasteiger partial charge in [-0.2, -0.15) is 10.2 Å². The minimum Gasteiger partial charge on any atom is -0.294 e. The van der Waals surface area contributed by atoms with Gasteiger partial charge in [0.15, 0.2) is 0 Å². The van der Waals surface area contributed by atoms with Crippen LogP contribution in [0, 0.1) is 6.57 Å². The van der Waals surface area contributed by atoms with Crippen LogP contribution in [0.2, 0.25) is 0 Å². The van der Waals surface area contributed by atoms with E-state index < -0.39 is 0 Å². The van der Waals surface area contributed by atoms with Crippen LogP contribution in [0.4, 0.5) is 0 Å². The second kappa shape index (κ2) is 7.58. The van der Waals surface area contributed by atoms with Crippen molar-refractivity contribution in [3.8, 4) is 0 Å². The first-order valence-electron chi connectivity index (χ1n) is 8.29. The van der Waals surface area contributed by atoms with Crippen molar-refractivity contribution in [1.82, 2.24) is 20.2 Å². The van der Waals surface area contributed by atoms with Crippen LogP contribution in [-0.2, 0) is 18.0 Å². The first-order valence-corrected chi connectivity index (χ1v) is 8.29. The van der Waals surface area contributed by atoms with E-state index in [1.807, 2.05) is 53.3 Å². The molecule has 2 atom stereocenters.